The molecule has 0 amide bonds. The molecule has 0 aromatic heterocycles. The fourth-order valence-corrected chi connectivity index (χ4v) is 3.86. The van der Waals surface area contributed by atoms with Gasteiger partial charge >= 0.3 is 0 Å². The van der Waals surface area contributed by atoms with Gasteiger partial charge in [-0.25, -0.2) is 8.42 Å². The first-order valence-corrected chi connectivity index (χ1v) is 8.88. The number of carbonyl (C=O) groups is 1. The monoisotopic (exact) mass is 404 g/mol. The molecule has 25 heavy (non-hydrogen) atoms. The number of carboxylic acid groups (broad SMARTS) is 1. The van der Waals surface area contributed by atoms with Gasteiger partial charge in [0.1, 0.15) is 16.4 Å². The Hall–Kier alpha value is -2.16. The minimum atomic E-state index is -4.21. The van der Waals surface area contributed by atoms with E-state index in [2.05, 4.69) is 4.72 Å². The molecular weight excluding hydrogens is 393 g/mol. The van der Waals surface area contributed by atoms with Gasteiger partial charge in [-0.15, -0.1) is 0 Å². The molecule has 0 radical (unpaired) electrons. The van der Waals surface area contributed by atoms with Crippen LogP contribution >= 0.6 is 23.2 Å². The summed E-state index contributed by atoms with van der Waals surface area (Å²) in [7, 11) is -1.39. The summed E-state index contributed by atoms with van der Waals surface area (Å²) in [4.78, 5) is 10.6. The number of carboxylic acids is 1. The number of benzene rings is 2. The van der Waals surface area contributed by atoms with Crippen LogP contribution in [0.25, 0.3) is 0 Å². The highest BCUT2D eigenvalue weighted by atomic mass is 35.5. The molecule has 0 aliphatic rings. The Morgan fingerprint density at radius 1 is 1.00 bits per heavy atom. The third-order valence-electron chi connectivity index (χ3n) is 3.13. The minimum Gasteiger partial charge on any atom is -0.545 e. The number of aromatic carboxylic acids is 1. The van der Waals surface area contributed by atoms with Crippen LogP contribution in [0.1, 0.15) is 10.4 Å². The van der Waals surface area contributed by atoms with E-state index >= 15 is 0 Å². The van der Waals surface area contributed by atoms with Crippen molar-refractivity contribution in [2.45, 2.75) is 4.90 Å². The van der Waals surface area contributed by atoms with Crippen molar-refractivity contribution in [1.82, 2.24) is 0 Å². The maximum Gasteiger partial charge on any atom is 0.263 e. The first-order valence-electron chi connectivity index (χ1n) is 6.64. The molecule has 0 aliphatic heterocycles. The molecule has 0 spiro atoms. The number of nitrogens with one attached hydrogen (secondary N) is 1. The van der Waals surface area contributed by atoms with Crippen LogP contribution in [0.3, 0.4) is 0 Å². The highest BCUT2D eigenvalue weighted by Crippen LogP contribution is 2.32. The van der Waals surface area contributed by atoms with Crippen LogP contribution < -0.4 is 19.3 Å². The van der Waals surface area contributed by atoms with Gasteiger partial charge in [0.05, 0.1) is 35.9 Å². The number of sulfonamides is 1. The Morgan fingerprint density at radius 3 is 2.04 bits per heavy atom. The maximum absolute atomic E-state index is 12.6. The molecule has 2 aromatic carbocycles. The van der Waals surface area contributed by atoms with Crippen molar-refractivity contribution >= 4 is 44.9 Å². The van der Waals surface area contributed by atoms with E-state index in [0.717, 1.165) is 12.1 Å². The van der Waals surface area contributed by atoms with Gasteiger partial charge < -0.3 is 19.4 Å². The molecule has 0 heterocycles. The first kappa shape index (κ1) is 19.2. The Morgan fingerprint density at radius 2 is 1.56 bits per heavy atom. The van der Waals surface area contributed by atoms with E-state index in [0.29, 0.717) is 11.5 Å². The average Bonchev–Trinajstić information content (AvgIpc) is 2.53. The number of methoxy groups -OCH3 is 2. The smallest absolute Gasteiger partial charge is 0.263 e. The Bertz CT molecular complexity index is 908. The molecule has 0 bridgehead atoms. The lowest BCUT2D eigenvalue weighted by Crippen LogP contribution is -2.23. The van der Waals surface area contributed by atoms with Crippen LogP contribution in [-0.2, 0) is 10.0 Å². The standard InChI is InChI=1S/C15H13Cl2NO6S/c1-23-9-3-8(4-10(5-9)24-2)18-25(21,22)14-6-11(15(19)20)12(16)7-13(14)17/h3-7,18H,1-2H3,(H,19,20)/p-1. The summed E-state index contributed by atoms with van der Waals surface area (Å²) in [5, 5.41) is 10.6. The summed E-state index contributed by atoms with van der Waals surface area (Å²) in [6.07, 6.45) is 0. The van der Waals surface area contributed by atoms with E-state index in [1.165, 1.54) is 26.4 Å². The molecule has 10 heteroatoms. The Kier molecular flexibility index (Phi) is 5.66. The van der Waals surface area contributed by atoms with Crippen molar-refractivity contribution in [3.63, 3.8) is 0 Å². The van der Waals surface area contributed by atoms with Crippen LogP contribution in [0.2, 0.25) is 10.0 Å². The largest absolute Gasteiger partial charge is 0.545 e. The summed E-state index contributed by atoms with van der Waals surface area (Å²) in [6, 6.07) is 6.25. The van der Waals surface area contributed by atoms with Crippen LogP contribution in [-0.4, -0.2) is 28.6 Å². The number of hydrogen-bond acceptors (Lipinski definition) is 6. The molecule has 2 aromatic rings. The molecule has 0 unspecified atom stereocenters. The molecular formula is C15H12Cl2NO6S-. The summed E-state index contributed by atoms with van der Waals surface area (Å²) >= 11 is 11.6. The lowest BCUT2D eigenvalue weighted by Gasteiger charge is -2.14. The Balaban J connectivity index is 2.50. The second kappa shape index (κ2) is 7.38. The third kappa shape index (κ3) is 4.28. The van der Waals surface area contributed by atoms with Crippen LogP contribution in [0.15, 0.2) is 35.2 Å². The van der Waals surface area contributed by atoms with Gasteiger partial charge in [-0.05, 0) is 12.1 Å². The quantitative estimate of drug-likeness (QED) is 0.790. The lowest BCUT2D eigenvalue weighted by molar-refractivity contribution is -0.255. The average molecular weight is 405 g/mol. The second-order valence-corrected chi connectivity index (χ2v) is 7.22. The van der Waals surface area contributed by atoms with E-state index in [1.54, 1.807) is 6.07 Å². The number of anilines is 1. The number of halogens is 2. The van der Waals surface area contributed by atoms with Crippen molar-refractivity contribution < 1.29 is 27.8 Å². The summed E-state index contributed by atoms with van der Waals surface area (Å²) in [5.41, 5.74) is -0.355. The van der Waals surface area contributed by atoms with Gasteiger partial charge in [0.25, 0.3) is 10.0 Å². The highest BCUT2D eigenvalue weighted by molar-refractivity contribution is 7.92. The zero-order valence-corrected chi connectivity index (χ0v) is 15.3. The van der Waals surface area contributed by atoms with E-state index in [4.69, 9.17) is 32.7 Å². The molecule has 7 nitrogen and oxygen atoms in total. The highest BCUT2D eigenvalue weighted by Gasteiger charge is 2.21. The molecule has 0 saturated carbocycles. The lowest BCUT2D eigenvalue weighted by atomic mass is 10.2. The SMILES string of the molecule is COc1cc(NS(=O)(=O)c2cc(C(=O)[O-])c(Cl)cc2Cl)cc(OC)c1. The fraction of sp³-hybridized carbons (Fsp3) is 0.133. The molecule has 134 valence electrons. The minimum absolute atomic E-state index is 0.136. The van der Waals surface area contributed by atoms with Gasteiger partial charge in [-0.3, -0.25) is 4.72 Å². The van der Waals surface area contributed by atoms with Crippen molar-refractivity contribution in [2.24, 2.45) is 0 Å². The predicted molar refractivity (Wildman–Crippen MR) is 91.1 cm³/mol. The van der Waals surface area contributed by atoms with Gasteiger partial charge in [-0.1, -0.05) is 23.2 Å². The topological polar surface area (TPSA) is 105 Å². The molecule has 0 aliphatic carbocycles. The summed E-state index contributed by atoms with van der Waals surface area (Å²) < 4.78 is 37.6. The van der Waals surface area contributed by atoms with Gasteiger partial charge in [-0.2, -0.15) is 0 Å². The van der Waals surface area contributed by atoms with E-state index in [9.17, 15) is 18.3 Å². The van der Waals surface area contributed by atoms with E-state index in [1.807, 2.05) is 0 Å². The molecule has 1 N–H and O–H groups in total. The first-order chi connectivity index (χ1) is 11.7. The van der Waals surface area contributed by atoms with Gasteiger partial charge in [0, 0.05) is 23.8 Å². The van der Waals surface area contributed by atoms with Gasteiger partial charge in [0.15, 0.2) is 0 Å². The summed E-state index contributed by atoms with van der Waals surface area (Å²) in [6.45, 7) is 0. The zero-order chi connectivity index (χ0) is 18.8. The molecule has 0 atom stereocenters. The Labute approximate surface area is 154 Å². The number of rotatable bonds is 6. The van der Waals surface area contributed by atoms with Crippen LogP contribution in [0.4, 0.5) is 5.69 Å². The van der Waals surface area contributed by atoms with Crippen LogP contribution in [0, 0.1) is 0 Å². The number of carbonyl (C=O) groups excluding carboxylic acids is 1. The van der Waals surface area contributed by atoms with Crippen molar-refractivity contribution in [2.75, 3.05) is 18.9 Å². The van der Waals surface area contributed by atoms with E-state index < -0.39 is 26.5 Å². The van der Waals surface area contributed by atoms with E-state index in [-0.39, 0.29) is 15.7 Å². The summed E-state index contributed by atoms with van der Waals surface area (Å²) in [5.74, 6) is -0.912. The van der Waals surface area contributed by atoms with Gasteiger partial charge in [0.2, 0.25) is 0 Å². The fourth-order valence-electron chi connectivity index (χ4n) is 1.97. The molecule has 2 rings (SSSR count). The zero-order valence-electron chi connectivity index (χ0n) is 13.0. The predicted octanol–water partition coefficient (Wildman–Crippen LogP) is 2.17. The number of ether oxygens (including phenoxy) is 2. The third-order valence-corrected chi connectivity index (χ3v) is 5.29. The van der Waals surface area contributed by atoms with Crippen LogP contribution in [0.5, 0.6) is 11.5 Å². The van der Waals surface area contributed by atoms with Crippen molar-refractivity contribution in [3.05, 3.63) is 45.9 Å². The molecule has 0 saturated heterocycles. The van der Waals surface area contributed by atoms with Crippen molar-refractivity contribution in [3.8, 4) is 11.5 Å². The van der Waals surface area contributed by atoms with Crippen molar-refractivity contribution in [1.29, 1.82) is 0 Å². The number of hydrogen-bond donors (Lipinski definition) is 1. The second-order valence-electron chi connectivity index (χ2n) is 4.76. The maximum atomic E-state index is 12.6. The molecule has 0 fully saturated rings. The normalized spacial score (nSPS) is 11.0.